The zero-order valence-corrected chi connectivity index (χ0v) is 11.9. The highest BCUT2D eigenvalue weighted by Crippen LogP contribution is 2.07. The van der Waals surface area contributed by atoms with Crippen molar-refractivity contribution in [2.24, 2.45) is 7.05 Å². The number of hydrogen-bond acceptors (Lipinski definition) is 5. The Morgan fingerprint density at radius 2 is 2.10 bits per heavy atom. The van der Waals surface area contributed by atoms with Crippen molar-refractivity contribution >= 4 is 10.0 Å². The van der Waals surface area contributed by atoms with E-state index in [0.717, 1.165) is 5.56 Å². The number of aromatic nitrogens is 4. The molecule has 8 nitrogen and oxygen atoms in total. The Bertz CT molecular complexity index is 661. The molecule has 0 saturated heterocycles. The predicted molar refractivity (Wildman–Crippen MR) is 71.4 cm³/mol. The lowest BCUT2D eigenvalue weighted by Crippen LogP contribution is -2.25. The summed E-state index contributed by atoms with van der Waals surface area (Å²) in [6.45, 7) is 0.472. The van der Waals surface area contributed by atoms with Crippen molar-refractivity contribution < 1.29 is 13.5 Å². The number of aryl methyl sites for hydroxylation is 1. The fourth-order valence-corrected chi connectivity index (χ4v) is 2.71. The molecule has 0 saturated carbocycles. The molecule has 20 heavy (non-hydrogen) atoms. The Hall–Kier alpha value is -1.71. The second-order valence-electron chi connectivity index (χ2n) is 4.33. The summed E-state index contributed by atoms with van der Waals surface area (Å²) in [6, 6.07) is 0. The molecule has 0 aliphatic heterocycles. The first kappa shape index (κ1) is 14.7. The Kier molecular flexibility index (Phi) is 4.53. The van der Waals surface area contributed by atoms with E-state index in [9.17, 15) is 8.42 Å². The second-order valence-corrected chi connectivity index (χ2v) is 6.10. The molecule has 0 aliphatic rings. The molecule has 2 N–H and O–H groups in total. The van der Waals surface area contributed by atoms with Crippen LogP contribution in [0.2, 0.25) is 0 Å². The van der Waals surface area contributed by atoms with Crippen LogP contribution in [-0.4, -0.2) is 46.2 Å². The zero-order chi connectivity index (χ0) is 14.6. The van der Waals surface area contributed by atoms with Crippen molar-refractivity contribution in [3.63, 3.8) is 0 Å². The summed E-state index contributed by atoms with van der Waals surface area (Å²) in [5.41, 5.74) is 0.964. The van der Waals surface area contributed by atoms with Crippen molar-refractivity contribution in [3.05, 3.63) is 30.4 Å². The molecule has 0 amide bonds. The molecule has 0 aliphatic carbocycles. The predicted octanol–water partition coefficient (Wildman–Crippen LogP) is -0.870. The average molecular weight is 299 g/mol. The SMILES string of the molecule is Cn1cc(CCNS(=O)(=O)c2cnn(CCO)c2)cn1. The van der Waals surface area contributed by atoms with Gasteiger partial charge in [0.05, 0.1) is 25.5 Å². The highest BCUT2D eigenvalue weighted by Gasteiger charge is 2.15. The number of hydrogen-bond donors (Lipinski definition) is 2. The smallest absolute Gasteiger partial charge is 0.243 e. The average Bonchev–Trinajstić information content (AvgIpc) is 2.99. The Morgan fingerprint density at radius 3 is 2.75 bits per heavy atom. The normalized spacial score (nSPS) is 11.9. The first-order chi connectivity index (χ1) is 9.51. The molecule has 2 aromatic rings. The third-order valence-corrected chi connectivity index (χ3v) is 4.13. The van der Waals surface area contributed by atoms with Crippen LogP contribution in [0.3, 0.4) is 0 Å². The van der Waals surface area contributed by atoms with Crippen LogP contribution in [0.25, 0.3) is 0 Å². The van der Waals surface area contributed by atoms with Crippen LogP contribution in [0.1, 0.15) is 5.56 Å². The van der Waals surface area contributed by atoms with Crippen molar-refractivity contribution in [2.75, 3.05) is 13.2 Å². The highest BCUT2D eigenvalue weighted by atomic mass is 32.2. The lowest BCUT2D eigenvalue weighted by Gasteiger charge is -2.03. The zero-order valence-electron chi connectivity index (χ0n) is 11.1. The van der Waals surface area contributed by atoms with Gasteiger partial charge in [0.2, 0.25) is 10.0 Å². The monoisotopic (exact) mass is 299 g/mol. The lowest BCUT2D eigenvalue weighted by molar-refractivity contribution is 0.269. The second kappa shape index (κ2) is 6.16. The molecule has 2 rings (SSSR count). The molecule has 0 bridgehead atoms. The Morgan fingerprint density at radius 1 is 1.30 bits per heavy atom. The van der Waals surface area contributed by atoms with E-state index in [-0.39, 0.29) is 18.0 Å². The van der Waals surface area contributed by atoms with E-state index in [1.165, 1.54) is 17.1 Å². The summed E-state index contributed by atoms with van der Waals surface area (Å²) < 4.78 is 29.6. The molecule has 2 aromatic heterocycles. The van der Waals surface area contributed by atoms with Crippen LogP contribution in [0.4, 0.5) is 0 Å². The minimum atomic E-state index is -3.56. The summed E-state index contributed by atoms with van der Waals surface area (Å²) in [7, 11) is -1.75. The molecule has 2 heterocycles. The molecule has 0 aromatic carbocycles. The van der Waals surface area contributed by atoms with E-state index >= 15 is 0 Å². The van der Waals surface area contributed by atoms with Gasteiger partial charge in [-0.15, -0.1) is 0 Å². The molecule has 0 atom stereocenters. The van der Waals surface area contributed by atoms with Gasteiger partial charge in [-0.05, 0) is 12.0 Å². The van der Waals surface area contributed by atoms with Gasteiger partial charge in [0, 0.05) is 26.0 Å². The number of aliphatic hydroxyl groups excluding tert-OH is 1. The van der Waals surface area contributed by atoms with E-state index in [0.29, 0.717) is 13.0 Å². The van der Waals surface area contributed by atoms with E-state index in [1.54, 1.807) is 10.9 Å². The van der Waals surface area contributed by atoms with Crippen molar-refractivity contribution in [2.45, 2.75) is 17.9 Å². The lowest BCUT2D eigenvalue weighted by atomic mass is 10.3. The first-order valence-corrected chi connectivity index (χ1v) is 7.60. The molecule has 9 heteroatoms. The summed E-state index contributed by atoms with van der Waals surface area (Å²) in [5.74, 6) is 0. The third-order valence-electron chi connectivity index (χ3n) is 2.71. The molecule has 0 fully saturated rings. The van der Waals surface area contributed by atoms with Gasteiger partial charge in [-0.3, -0.25) is 9.36 Å². The van der Waals surface area contributed by atoms with Gasteiger partial charge in [-0.2, -0.15) is 10.2 Å². The number of nitrogens with one attached hydrogen (secondary N) is 1. The van der Waals surface area contributed by atoms with Gasteiger partial charge >= 0.3 is 0 Å². The number of sulfonamides is 1. The first-order valence-electron chi connectivity index (χ1n) is 6.12. The topological polar surface area (TPSA) is 102 Å². The van der Waals surface area contributed by atoms with Crippen molar-refractivity contribution in [1.82, 2.24) is 24.3 Å². The van der Waals surface area contributed by atoms with Gasteiger partial charge in [0.15, 0.2) is 0 Å². The summed E-state index contributed by atoms with van der Waals surface area (Å²) >= 11 is 0. The third kappa shape index (κ3) is 3.65. The Labute approximate surface area is 117 Å². The summed E-state index contributed by atoms with van der Waals surface area (Å²) in [6.07, 6.45) is 6.77. The van der Waals surface area contributed by atoms with Gasteiger partial charge in [0.25, 0.3) is 0 Å². The fourth-order valence-electron chi connectivity index (χ4n) is 1.72. The highest BCUT2D eigenvalue weighted by molar-refractivity contribution is 7.89. The van der Waals surface area contributed by atoms with Crippen LogP contribution in [0.5, 0.6) is 0 Å². The molecular formula is C11H17N5O3S. The largest absolute Gasteiger partial charge is 0.394 e. The van der Waals surface area contributed by atoms with E-state index in [4.69, 9.17) is 5.11 Å². The van der Waals surface area contributed by atoms with Crippen molar-refractivity contribution in [3.8, 4) is 0 Å². The maximum absolute atomic E-state index is 12.0. The summed E-state index contributed by atoms with van der Waals surface area (Å²) in [4.78, 5) is 0.0946. The van der Waals surface area contributed by atoms with Gasteiger partial charge in [-0.25, -0.2) is 13.1 Å². The van der Waals surface area contributed by atoms with Crippen LogP contribution in [0, 0.1) is 0 Å². The molecule has 110 valence electrons. The minimum Gasteiger partial charge on any atom is -0.394 e. The molecule has 0 radical (unpaired) electrons. The molecular weight excluding hydrogens is 282 g/mol. The maximum Gasteiger partial charge on any atom is 0.243 e. The fraction of sp³-hybridized carbons (Fsp3) is 0.455. The number of nitrogens with zero attached hydrogens (tertiary/aromatic N) is 4. The van der Waals surface area contributed by atoms with Crippen molar-refractivity contribution in [1.29, 1.82) is 0 Å². The van der Waals surface area contributed by atoms with E-state index in [1.807, 2.05) is 13.2 Å². The van der Waals surface area contributed by atoms with Crippen LogP contribution >= 0.6 is 0 Å². The van der Waals surface area contributed by atoms with E-state index in [2.05, 4.69) is 14.9 Å². The van der Waals surface area contributed by atoms with Crippen LogP contribution < -0.4 is 4.72 Å². The standard InChI is InChI=1S/C11H17N5O3S/c1-15-8-10(6-12-15)2-3-14-20(18,19)11-7-13-16(9-11)4-5-17/h6-9,14,17H,2-5H2,1H3. The number of rotatable bonds is 7. The molecule has 0 spiro atoms. The molecule has 0 unspecified atom stereocenters. The van der Waals surface area contributed by atoms with Gasteiger partial charge in [0.1, 0.15) is 4.90 Å². The summed E-state index contributed by atoms with van der Waals surface area (Å²) in [5, 5.41) is 16.6. The van der Waals surface area contributed by atoms with E-state index < -0.39 is 10.0 Å². The minimum absolute atomic E-state index is 0.0877. The van der Waals surface area contributed by atoms with Crippen LogP contribution in [-0.2, 0) is 30.0 Å². The van der Waals surface area contributed by atoms with Gasteiger partial charge in [-0.1, -0.05) is 0 Å². The quantitative estimate of drug-likeness (QED) is 0.692. The van der Waals surface area contributed by atoms with Gasteiger partial charge < -0.3 is 5.11 Å². The number of aliphatic hydroxyl groups is 1. The maximum atomic E-state index is 12.0. The Balaban J connectivity index is 1.92. The van der Waals surface area contributed by atoms with Crippen LogP contribution in [0.15, 0.2) is 29.7 Å².